The topological polar surface area (TPSA) is 138 Å². The first kappa shape index (κ1) is 16.6. The molecule has 0 aromatic heterocycles. The van der Waals surface area contributed by atoms with E-state index in [1.54, 1.807) is 6.92 Å². The predicted molar refractivity (Wildman–Crippen MR) is 60.3 cm³/mol. The van der Waals surface area contributed by atoms with Gasteiger partial charge < -0.3 is 20.1 Å². The molecule has 0 spiro atoms. The Morgan fingerprint density at radius 2 is 1.47 bits per heavy atom. The van der Waals surface area contributed by atoms with E-state index in [1.165, 1.54) is 0 Å². The van der Waals surface area contributed by atoms with E-state index in [1.807, 2.05) is 0 Å². The van der Waals surface area contributed by atoms with E-state index in [9.17, 15) is 19.2 Å². The SMILES string of the molecule is CCCOC(=O)C(C)=CC(C(=O)O)(C(=O)O)C(=O)O. The summed E-state index contributed by atoms with van der Waals surface area (Å²) in [5, 5.41) is 26.4. The lowest BCUT2D eigenvalue weighted by Gasteiger charge is -2.16. The molecule has 0 aliphatic carbocycles. The highest BCUT2D eigenvalue weighted by atomic mass is 16.5. The largest absolute Gasteiger partial charge is 0.480 e. The zero-order chi connectivity index (χ0) is 15.2. The van der Waals surface area contributed by atoms with Gasteiger partial charge in [0.2, 0.25) is 0 Å². The fourth-order valence-electron chi connectivity index (χ4n) is 1.15. The van der Waals surface area contributed by atoms with Crippen LogP contribution in [0.2, 0.25) is 0 Å². The standard InChI is InChI=1S/C11H14O8/c1-3-4-19-7(12)6(2)5-11(8(13)14,9(15)16)10(17)18/h5H,3-4H2,1-2H3,(H,13,14)(H,15,16)(H,17,18). The zero-order valence-electron chi connectivity index (χ0n) is 10.4. The average molecular weight is 274 g/mol. The van der Waals surface area contributed by atoms with Crippen LogP contribution in [-0.2, 0) is 23.9 Å². The van der Waals surface area contributed by atoms with Crippen molar-refractivity contribution in [1.29, 1.82) is 0 Å². The van der Waals surface area contributed by atoms with E-state index < -0.39 is 34.9 Å². The summed E-state index contributed by atoms with van der Waals surface area (Å²) in [7, 11) is 0. The van der Waals surface area contributed by atoms with Gasteiger partial charge in [0.25, 0.3) is 5.41 Å². The van der Waals surface area contributed by atoms with Crippen LogP contribution in [0.3, 0.4) is 0 Å². The number of aliphatic carboxylic acids is 3. The molecule has 3 N–H and O–H groups in total. The van der Waals surface area contributed by atoms with Crippen molar-refractivity contribution in [3.05, 3.63) is 11.6 Å². The number of ether oxygens (including phenoxy) is 1. The fraction of sp³-hybridized carbons (Fsp3) is 0.455. The minimum Gasteiger partial charge on any atom is -0.480 e. The lowest BCUT2D eigenvalue weighted by molar-refractivity contribution is -0.171. The maximum atomic E-state index is 11.4. The van der Waals surface area contributed by atoms with Gasteiger partial charge in [0, 0.05) is 5.57 Å². The maximum absolute atomic E-state index is 11.4. The van der Waals surface area contributed by atoms with Gasteiger partial charge in [-0.1, -0.05) is 6.92 Å². The van der Waals surface area contributed by atoms with Gasteiger partial charge >= 0.3 is 23.9 Å². The summed E-state index contributed by atoms with van der Waals surface area (Å²) in [5.41, 5.74) is -3.62. The normalized spacial score (nSPS) is 11.8. The molecule has 106 valence electrons. The van der Waals surface area contributed by atoms with Crippen molar-refractivity contribution >= 4 is 23.9 Å². The summed E-state index contributed by atoms with van der Waals surface area (Å²) in [6.07, 6.45) is 0.874. The second-order valence-electron chi connectivity index (χ2n) is 3.69. The number of carbonyl (C=O) groups excluding carboxylic acids is 1. The Morgan fingerprint density at radius 3 is 1.79 bits per heavy atom. The number of hydrogen-bond donors (Lipinski definition) is 3. The van der Waals surface area contributed by atoms with Crippen LogP contribution in [0.4, 0.5) is 0 Å². The first-order valence-corrected chi connectivity index (χ1v) is 5.26. The highest BCUT2D eigenvalue weighted by Crippen LogP contribution is 2.23. The maximum Gasteiger partial charge on any atom is 0.336 e. The van der Waals surface area contributed by atoms with Crippen LogP contribution in [0.25, 0.3) is 0 Å². The Balaban J connectivity index is 5.55. The van der Waals surface area contributed by atoms with Crippen LogP contribution in [0.1, 0.15) is 20.3 Å². The summed E-state index contributed by atoms with van der Waals surface area (Å²) >= 11 is 0. The van der Waals surface area contributed by atoms with Gasteiger partial charge in [-0.05, 0) is 19.4 Å². The van der Waals surface area contributed by atoms with Crippen molar-refractivity contribution in [2.45, 2.75) is 20.3 Å². The van der Waals surface area contributed by atoms with Gasteiger partial charge in [-0.2, -0.15) is 0 Å². The Morgan fingerprint density at radius 1 is 1.05 bits per heavy atom. The minimum absolute atomic E-state index is 0.0597. The second-order valence-corrected chi connectivity index (χ2v) is 3.69. The molecular formula is C11H14O8. The molecule has 0 fully saturated rings. The Hall–Kier alpha value is -2.38. The lowest BCUT2D eigenvalue weighted by atomic mass is 9.86. The average Bonchev–Trinajstić information content (AvgIpc) is 2.30. The molecular weight excluding hydrogens is 260 g/mol. The highest BCUT2D eigenvalue weighted by molar-refractivity contribution is 6.19. The van der Waals surface area contributed by atoms with Crippen molar-refractivity contribution in [3.8, 4) is 0 Å². The Bertz CT molecular complexity index is 398. The zero-order valence-corrected chi connectivity index (χ0v) is 10.4. The number of hydrogen-bond acceptors (Lipinski definition) is 5. The van der Waals surface area contributed by atoms with E-state index in [0.717, 1.165) is 6.92 Å². The molecule has 0 aliphatic rings. The van der Waals surface area contributed by atoms with Gasteiger partial charge in [-0.15, -0.1) is 0 Å². The number of esters is 1. The van der Waals surface area contributed by atoms with Crippen LogP contribution >= 0.6 is 0 Å². The molecule has 19 heavy (non-hydrogen) atoms. The highest BCUT2D eigenvalue weighted by Gasteiger charge is 2.53. The van der Waals surface area contributed by atoms with Crippen LogP contribution in [-0.4, -0.2) is 45.8 Å². The molecule has 0 unspecified atom stereocenters. The molecule has 0 rings (SSSR count). The third-order valence-corrected chi connectivity index (χ3v) is 2.20. The van der Waals surface area contributed by atoms with Gasteiger partial charge in [0.15, 0.2) is 0 Å². The van der Waals surface area contributed by atoms with Crippen molar-refractivity contribution in [2.75, 3.05) is 6.61 Å². The van der Waals surface area contributed by atoms with E-state index in [-0.39, 0.29) is 6.61 Å². The molecule has 8 nitrogen and oxygen atoms in total. The molecule has 0 bridgehead atoms. The number of carboxylic acid groups (broad SMARTS) is 3. The van der Waals surface area contributed by atoms with E-state index >= 15 is 0 Å². The molecule has 0 aromatic carbocycles. The van der Waals surface area contributed by atoms with Crippen LogP contribution in [0.5, 0.6) is 0 Å². The monoisotopic (exact) mass is 274 g/mol. The molecule has 0 saturated heterocycles. The van der Waals surface area contributed by atoms with Gasteiger partial charge in [0.1, 0.15) is 0 Å². The van der Waals surface area contributed by atoms with Crippen LogP contribution in [0, 0.1) is 5.41 Å². The van der Waals surface area contributed by atoms with Crippen LogP contribution < -0.4 is 0 Å². The molecule has 0 amide bonds. The summed E-state index contributed by atoms with van der Waals surface area (Å²) in [5.74, 6) is -7.27. The summed E-state index contributed by atoms with van der Waals surface area (Å²) < 4.78 is 4.65. The predicted octanol–water partition coefficient (Wildman–Crippen LogP) is 0.126. The minimum atomic E-state index is -3.21. The van der Waals surface area contributed by atoms with E-state index in [2.05, 4.69) is 4.74 Å². The first-order valence-electron chi connectivity index (χ1n) is 5.26. The number of carboxylic acids is 3. The molecule has 0 aliphatic heterocycles. The van der Waals surface area contributed by atoms with Crippen molar-refractivity contribution in [1.82, 2.24) is 0 Å². The molecule has 8 heteroatoms. The fourth-order valence-corrected chi connectivity index (χ4v) is 1.15. The first-order chi connectivity index (χ1) is 8.70. The van der Waals surface area contributed by atoms with Crippen LogP contribution in [0.15, 0.2) is 11.6 Å². The summed E-state index contributed by atoms with van der Waals surface area (Å²) in [4.78, 5) is 44.1. The second kappa shape index (κ2) is 6.53. The Kier molecular flexibility index (Phi) is 5.71. The van der Waals surface area contributed by atoms with Crippen molar-refractivity contribution in [3.63, 3.8) is 0 Å². The van der Waals surface area contributed by atoms with E-state index in [0.29, 0.717) is 12.5 Å². The van der Waals surface area contributed by atoms with Gasteiger partial charge in [0.05, 0.1) is 6.61 Å². The van der Waals surface area contributed by atoms with Gasteiger partial charge in [-0.3, -0.25) is 14.4 Å². The molecule has 0 radical (unpaired) electrons. The van der Waals surface area contributed by atoms with Crippen molar-refractivity contribution < 1.29 is 39.2 Å². The summed E-state index contributed by atoms with van der Waals surface area (Å²) in [6.45, 7) is 2.87. The van der Waals surface area contributed by atoms with Gasteiger partial charge in [-0.25, -0.2) is 4.79 Å². The quantitative estimate of drug-likeness (QED) is 0.338. The molecule has 0 saturated carbocycles. The van der Waals surface area contributed by atoms with E-state index in [4.69, 9.17) is 15.3 Å². The Labute approximate surface area is 108 Å². The smallest absolute Gasteiger partial charge is 0.336 e. The third-order valence-electron chi connectivity index (χ3n) is 2.20. The molecule has 0 atom stereocenters. The molecule has 0 heterocycles. The summed E-state index contributed by atoms with van der Waals surface area (Å²) in [6, 6.07) is 0. The number of rotatable bonds is 7. The van der Waals surface area contributed by atoms with Crippen molar-refractivity contribution in [2.24, 2.45) is 5.41 Å². The molecule has 0 aromatic rings. The third kappa shape index (κ3) is 3.54. The number of carbonyl (C=O) groups is 4. The lowest BCUT2D eigenvalue weighted by Crippen LogP contribution is -2.45.